The zero-order valence-corrected chi connectivity index (χ0v) is 18.3. The summed E-state index contributed by atoms with van der Waals surface area (Å²) in [6.07, 6.45) is 5.30. The monoisotopic (exact) mass is 454 g/mol. The van der Waals surface area contributed by atoms with E-state index in [9.17, 15) is 4.79 Å². The molecule has 0 fully saturated rings. The highest BCUT2D eigenvalue weighted by Gasteiger charge is 2.28. The minimum Gasteiger partial charge on any atom is -0.490 e. The number of nitrogens with zero attached hydrogens (tertiary/aromatic N) is 2. The van der Waals surface area contributed by atoms with Crippen molar-refractivity contribution in [1.82, 2.24) is 9.78 Å². The maximum atomic E-state index is 12.9. The van der Waals surface area contributed by atoms with Crippen LogP contribution in [0, 0.1) is 0 Å². The molecule has 0 amide bonds. The molecule has 0 spiro atoms. The van der Waals surface area contributed by atoms with Gasteiger partial charge in [0.15, 0.2) is 5.76 Å². The van der Waals surface area contributed by atoms with Crippen molar-refractivity contribution in [3.05, 3.63) is 114 Å². The summed E-state index contributed by atoms with van der Waals surface area (Å²) in [5.74, 6) is 1.25. The largest absolute Gasteiger partial charge is 0.490 e. The van der Waals surface area contributed by atoms with E-state index in [1.165, 1.54) is 0 Å². The second kappa shape index (κ2) is 8.81. The van der Waals surface area contributed by atoms with Gasteiger partial charge in [-0.1, -0.05) is 42.5 Å². The Morgan fingerprint density at radius 1 is 1.06 bits per heavy atom. The van der Waals surface area contributed by atoms with Gasteiger partial charge in [0.2, 0.25) is 5.78 Å². The molecule has 1 aliphatic rings. The molecular weight excluding hydrogens is 436 g/mol. The zero-order valence-electron chi connectivity index (χ0n) is 17.6. The minimum absolute atomic E-state index is 0.209. The van der Waals surface area contributed by atoms with Crippen LogP contribution in [0.15, 0.2) is 97.4 Å². The van der Waals surface area contributed by atoms with Gasteiger partial charge in [0, 0.05) is 22.3 Å². The molecule has 0 radical (unpaired) electrons. The summed E-state index contributed by atoms with van der Waals surface area (Å²) in [6.45, 7) is 4.10. The van der Waals surface area contributed by atoms with Crippen LogP contribution in [-0.4, -0.2) is 22.2 Å². The van der Waals surface area contributed by atoms with Crippen molar-refractivity contribution in [3.63, 3.8) is 0 Å². The summed E-state index contributed by atoms with van der Waals surface area (Å²) in [4.78, 5) is 12.9. The minimum atomic E-state index is -0.209. The van der Waals surface area contributed by atoms with Gasteiger partial charge in [0.1, 0.15) is 23.8 Å². The third-order valence-electron chi connectivity index (χ3n) is 5.18. The Balaban J connectivity index is 1.56. The second-order valence-electron chi connectivity index (χ2n) is 7.42. The fourth-order valence-corrected chi connectivity index (χ4v) is 3.77. The molecule has 0 N–H and O–H groups in total. The van der Waals surface area contributed by atoms with Crippen molar-refractivity contribution in [3.8, 4) is 28.4 Å². The molecule has 0 aliphatic carbocycles. The van der Waals surface area contributed by atoms with E-state index in [-0.39, 0.29) is 11.5 Å². The Labute approximate surface area is 196 Å². The molecule has 1 aliphatic heterocycles. The Hall–Kier alpha value is -4.09. The Kier molecular flexibility index (Phi) is 5.55. The number of rotatable bonds is 6. The van der Waals surface area contributed by atoms with Crippen molar-refractivity contribution in [1.29, 1.82) is 0 Å². The van der Waals surface area contributed by atoms with Gasteiger partial charge < -0.3 is 9.47 Å². The van der Waals surface area contributed by atoms with Crippen LogP contribution in [0.1, 0.15) is 15.9 Å². The highest BCUT2D eigenvalue weighted by atomic mass is 35.5. The molecule has 6 heteroatoms. The number of ketones is 1. The number of fused-ring (bicyclic) bond motifs is 1. The summed E-state index contributed by atoms with van der Waals surface area (Å²) in [6, 6.07) is 22.4. The number of Topliss-reactive ketones (excluding diaryl/α,β-unsaturated/α-hetero) is 1. The number of aromatic nitrogens is 2. The molecule has 3 aromatic carbocycles. The van der Waals surface area contributed by atoms with Crippen LogP contribution in [0.4, 0.5) is 0 Å². The van der Waals surface area contributed by atoms with Crippen LogP contribution >= 0.6 is 11.6 Å². The quantitative estimate of drug-likeness (QED) is 0.251. The van der Waals surface area contributed by atoms with Crippen LogP contribution in [0.25, 0.3) is 23.0 Å². The molecule has 162 valence electrons. The fourth-order valence-electron chi connectivity index (χ4n) is 3.60. The molecule has 33 heavy (non-hydrogen) atoms. The molecule has 0 saturated carbocycles. The lowest BCUT2D eigenvalue weighted by molar-refractivity contribution is 0.101. The predicted octanol–water partition coefficient (Wildman–Crippen LogP) is 6.37. The first-order valence-corrected chi connectivity index (χ1v) is 10.7. The SMILES string of the molecule is C=CCOc1ccc(-c2nn(-c3ccccc3)cc2/C=C2\Oc3ccc(Cl)cc3C2=O)cc1. The van der Waals surface area contributed by atoms with Crippen molar-refractivity contribution < 1.29 is 14.3 Å². The number of carbonyl (C=O) groups excluding carboxylic acids is 1. The number of allylic oxidation sites excluding steroid dienone is 1. The van der Waals surface area contributed by atoms with Crippen molar-refractivity contribution in [2.45, 2.75) is 0 Å². The summed E-state index contributed by atoms with van der Waals surface area (Å²) < 4.78 is 13.2. The van der Waals surface area contributed by atoms with Crippen molar-refractivity contribution in [2.24, 2.45) is 0 Å². The van der Waals surface area contributed by atoms with E-state index in [0.29, 0.717) is 28.6 Å². The summed E-state index contributed by atoms with van der Waals surface area (Å²) in [7, 11) is 0. The van der Waals surface area contributed by atoms with E-state index < -0.39 is 0 Å². The summed E-state index contributed by atoms with van der Waals surface area (Å²) in [5, 5.41) is 5.29. The van der Waals surface area contributed by atoms with E-state index >= 15 is 0 Å². The molecule has 2 heterocycles. The van der Waals surface area contributed by atoms with Gasteiger partial charge >= 0.3 is 0 Å². The molecule has 5 rings (SSSR count). The van der Waals surface area contributed by atoms with E-state index in [1.54, 1.807) is 35.0 Å². The fraction of sp³-hybridized carbons (Fsp3) is 0.0370. The predicted molar refractivity (Wildman–Crippen MR) is 129 cm³/mol. The molecule has 5 nitrogen and oxygen atoms in total. The molecule has 0 atom stereocenters. The third-order valence-corrected chi connectivity index (χ3v) is 5.41. The van der Waals surface area contributed by atoms with Crippen LogP contribution in [0.2, 0.25) is 5.02 Å². The zero-order chi connectivity index (χ0) is 22.8. The molecule has 0 bridgehead atoms. The van der Waals surface area contributed by atoms with E-state index in [0.717, 1.165) is 22.6 Å². The summed E-state index contributed by atoms with van der Waals surface area (Å²) >= 11 is 6.06. The Morgan fingerprint density at radius 3 is 2.61 bits per heavy atom. The number of hydrogen-bond donors (Lipinski definition) is 0. The Morgan fingerprint density at radius 2 is 1.85 bits per heavy atom. The molecular formula is C27H19ClN2O3. The second-order valence-corrected chi connectivity index (χ2v) is 7.85. The van der Waals surface area contributed by atoms with Gasteiger partial charge in [-0.3, -0.25) is 4.79 Å². The van der Waals surface area contributed by atoms with Crippen LogP contribution in [-0.2, 0) is 0 Å². The molecule has 1 aromatic heterocycles. The first-order chi connectivity index (χ1) is 16.1. The van der Waals surface area contributed by atoms with Gasteiger partial charge in [-0.2, -0.15) is 5.10 Å². The number of para-hydroxylation sites is 1. The molecule has 0 unspecified atom stereocenters. The lowest BCUT2D eigenvalue weighted by Crippen LogP contribution is -1.98. The van der Waals surface area contributed by atoms with E-state index in [1.807, 2.05) is 60.8 Å². The number of hydrogen-bond acceptors (Lipinski definition) is 4. The van der Waals surface area contributed by atoms with Gasteiger partial charge in [-0.25, -0.2) is 4.68 Å². The van der Waals surface area contributed by atoms with Gasteiger partial charge in [0.05, 0.1) is 11.3 Å². The number of benzene rings is 3. The van der Waals surface area contributed by atoms with Crippen molar-refractivity contribution in [2.75, 3.05) is 6.61 Å². The normalized spacial score (nSPS) is 13.6. The first-order valence-electron chi connectivity index (χ1n) is 10.4. The molecule has 0 saturated heterocycles. The average molecular weight is 455 g/mol. The smallest absolute Gasteiger partial charge is 0.232 e. The topological polar surface area (TPSA) is 53.4 Å². The maximum Gasteiger partial charge on any atom is 0.232 e. The highest BCUT2D eigenvalue weighted by Crippen LogP contribution is 2.35. The standard InChI is InChI=1S/C27H19ClN2O3/c1-2-14-32-22-11-8-18(9-12-22)26-19(17-30(29-26)21-6-4-3-5-7-21)15-25-27(31)23-16-20(28)10-13-24(23)33-25/h2-13,15-17H,1,14H2/b25-15-. The van der Waals surface area contributed by atoms with E-state index in [4.69, 9.17) is 26.2 Å². The highest BCUT2D eigenvalue weighted by molar-refractivity contribution is 6.31. The number of ether oxygens (including phenoxy) is 2. The van der Waals surface area contributed by atoms with E-state index in [2.05, 4.69) is 6.58 Å². The lowest BCUT2D eigenvalue weighted by atomic mass is 10.1. The van der Waals surface area contributed by atoms with Crippen LogP contribution in [0.3, 0.4) is 0 Å². The van der Waals surface area contributed by atoms with Crippen LogP contribution in [0.5, 0.6) is 11.5 Å². The molecule has 4 aromatic rings. The lowest BCUT2D eigenvalue weighted by Gasteiger charge is -2.05. The van der Waals surface area contributed by atoms with Crippen LogP contribution < -0.4 is 9.47 Å². The Bertz CT molecular complexity index is 1370. The summed E-state index contributed by atoms with van der Waals surface area (Å²) in [5.41, 5.74) is 3.71. The van der Waals surface area contributed by atoms with Gasteiger partial charge in [-0.15, -0.1) is 0 Å². The van der Waals surface area contributed by atoms with Gasteiger partial charge in [0.25, 0.3) is 0 Å². The van der Waals surface area contributed by atoms with Gasteiger partial charge in [-0.05, 0) is 60.7 Å². The maximum absolute atomic E-state index is 12.9. The number of halogens is 1. The number of carbonyl (C=O) groups is 1. The average Bonchev–Trinajstić information content (AvgIpc) is 3.40. The first kappa shape index (κ1) is 20.8. The van der Waals surface area contributed by atoms with Crippen molar-refractivity contribution >= 4 is 23.5 Å². The third kappa shape index (κ3) is 4.19.